The number of rotatable bonds is 4. The summed E-state index contributed by atoms with van der Waals surface area (Å²) in [7, 11) is 0. The molecule has 1 aliphatic carbocycles. The molecule has 1 fully saturated rings. The van der Waals surface area contributed by atoms with Crippen molar-refractivity contribution < 1.29 is 4.79 Å². The van der Waals surface area contributed by atoms with Gasteiger partial charge in [-0.15, -0.1) is 0 Å². The number of amides is 1. The molecule has 1 aromatic carbocycles. The van der Waals surface area contributed by atoms with Gasteiger partial charge in [-0.25, -0.2) is 5.43 Å². The monoisotopic (exact) mass is 265 g/mol. The molecule has 0 saturated heterocycles. The number of hydrazone groups is 1. The van der Waals surface area contributed by atoms with Crippen LogP contribution < -0.4 is 5.43 Å². The lowest BCUT2D eigenvalue weighted by molar-refractivity contribution is -0.122. The number of hydrogen-bond acceptors (Lipinski definition) is 3. The second-order valence-corrected chi connectivity index (χ2v) is 4.88. The molecule has 1 aromatic heterocycles. The first kappa shape index (κ1) is 12.5. The van der Waals surface area contributed by atoms with Gasteiger partial charge in [0.05, 0.1) is 6.21 Å². The molecule has 1 heterocycles. The first-order valence-electron chi connectivity index (χ1n) is 6.62. The fourth-order valence-electron chi connectivity index (χ4n) is 2.26. The maximum absolute atomic E-state index is 11.9. The van der Waals surface area contributed by atoms with Crippen molar-refractivity contribution in [1.29, 1.82) is 0 Å². The third kappa shape index (κ3) is 2.91. The summed E-state index contributed by atoms with van der Waals surface area (Å²) in [5.74, 6) is 0.368. The van der Waals surface area contributed by atoms with Crippen molar-refractivity contribution in [2.24, 2.45) is 11.0 Å². The van der Waals surface area contributed by atoms with Crippen LogP contribution in [0, 0.1) is 5.92 Å². The molecule has 4 nitrogen and oxygen atoms in total. The summed E-state index contributed by atoms with van der Waals surface area (Å²) in [6.45, 7) is 0. The smallest absolute Gasteiger partial charge is 0.243 e. The van der Waals surface area contributed by atoms with Gasteiger partial charge in [0.15, 0.2) is 0 Å². The number of nitrogens with zero attached hydrogens (tertiary/aromatic N) is 2. The second kappa shape index (κ2) is 5.65. The number of pyridine rings is 1. The van der Waals surface area contributed by atoms with Crippen molar-refractivity contribution >= 4 is 12.1 Å². The van der Waals surface area contributed by atoms with Crippen molar-refractivity contribution in [2.75, 3.05) is 0 Å². The average Bonchev–Trinajstić information content (AvgIpc) is 3.30. The van der Waals surface area contributed by atoms with E-state index in [1.807, 2.05) is 30.3 Å². The molecule has 3 rings (SSSR count). The van der Waals surface area contributed by atoms with Gasteiger partial charge in [0.1, 0.15) is 0 Å². The summed E-state index contributed by atoms with van der Waals surface area (Å²) < 4.78 is 0. The van der Waals surface area contributed by atoms with Crippen molar-refractivity contribution in [2.45, 2.75) is 12.3 Å². The first-order valence-corrected chi connectivity index (χ1v) is 6.62. The number of hydrogen-bond donors (Lipinski definition) is 1. The molecule has 100 valence electrons. The Morgan fingerprint density at radius 1 is 1.25 bits per heavy atom. The minimum Gasteiger partial charge on any atom is -0.273 e. The Bertz CT molecular complexity index is 610. The van der Waals surface area contributed by atoms with E-state index in [1.165, 1.54) is 5.56 Å². The standard InChI is InChI=1S/C16H15N3O/c20-16(19-18-11-12-5-4-8-17-10-12)15-9-14(15)13-6-2-1-3-7-13/h1-8,10-11,14-15H,9H2,(H,19,20)/b18-11-/t14-,15-/m1/s1. The topological polar surface area (TPSA) is 54.4 Å². The highest BCUT2D eigenvalue weighted by molar-refractivity contribution is 5.85. The van der Waals surface area contributed by atoms with Crippen LogP contribution in [0.2, 0.25) is 0 Å². The predicted octanol–water partition coefficient (Wildman–Crippen LogP) is 2.34. The molecule has 1 amide bonds. The highest BCUT2D eigenvalue weighted by Gasteiger charge is 2.43. The zero-order valence-corrected chi connectivity index (χ0v) is 10.9. The van der Waals surface area contributed by atoms with Crippen LogP contribution in [-0.4, -0.2) is 17.1 Å². The second-order valence-electron chi connectivity index (χ2n) is 4.88. The fraction of sp³-hybridized carbons (Fsp3) is 0.188. The zero-order chi connectivity index (χ0) is 13.8. The molecule has 1 N–H and O–H groups in total. The summed E-state index contributed by atoms with van der Waals surface area (Å²) in [5.41, 5.74) is 4.69. The number of carbonyl (C=O) groups is 1. The highest BCUT2D eigenvalue weighted by Crippen LogP contribution is 2.47. The molecule has 0 aliphatic heterocycles. The van der Waals surface area contributed by atoms with Gasteiger partial charge in [-0.3, -0.25) is 9.78 Å². The Labute approximate surface area is 117 Å². The lowest BCUT2D eigenvalue weighted by atomic mass is 10.1. The summed E-state index contributed by atoms with van der Waals surface area (Å²) in [6.07, 6.45) is 5.90. The quantitative estimate of drug-likeness (QED) is 0.681. The Balaban J connectivity index is 1.53. The Kier molecular flexibility index (Phi) is 3.54. The summed E-state index contributed by atoms with van der Waals surface area (Å²) in [4.78, 5) is 15.9. The Hall–Kier alpha value is -2.49. The molecule has 0 spiro atoms. The molecule has 1 saturated carbocycles. The van der Waals surface area contributed by atoms with Crippen LogP contribution >= 0.6 is 0 Å². The van der Waals surface area contributed by atoms with E-state index < -0.39 is 0 Å². The van der Waals surface area contributed by atoms with Crippen LogP contribution in [-0.2, 0) is 4.79 Å². The fourth-order valence-corrected chi connectivity index (χ4v) is 2.26. The van der Waals surface area contributed by atoms with Crippen LogP contribution in [0.25, 0.3) is 0 Å². The van der Waals surface area contributed by atoms with Gasteiger partial charge < -0.3 is 0 Å². The molecule has 4 heteroatoms. The number of nitrogens with one attached hydrogen (secondary N) is 1. The SMILES string of the molecule is O=C(N/N=C\c1cccnc1)[C@@H]1C[C@@H]1c1ccccc1. The van der Waals surface area contributed by atoms with Crippen LogP contribution in [0.3, 0.4) is 0 Å². The van der Waals surface area contributed by atoms with Crippen LogP contribution in [0.5, 0.6) is 0 Å². The van der Waals surface area contributed by atoms with E-state index in [9.17, 15) is 4.79 Å². The lowest BCUT2D eigenvalue weighted by Gasteiger charge is -1.99. The summed E-state index contributed by atoms with van der Waals surface area (Å²) in [5, 5.41) is 3.97. The van der Waals surface area contributed by atoms with Gasteiger partial charge in [0.25, 0.3) is 0 Å². The van der Waals surface area contributed by atoms with E-state index in [0.29, 0.717) is 5.92 Å². The first-order chi connectivity index (χ1) is 9.84. The molecule has 2 aromatic rings. The van der Waals surface area contributed by atoms with E-state index in [-0.39, 0.29) is 11.8 Å². The number of aromatic nitrogens is 1. The van der Waals surface area contributed by atoms with Crippen molar-refractivity contribution in [1.82, 2.24) is 10.4 Å². The molecular formula is C16H15N3O. The number of carbonyl (C=O) groups excluding carboxylic acids is 1. The maximum Gasteiger partial charge on any atom is 0.243 e. The minimum absolute atomic E-state index is 0.0148. The minimum atomic E-state index is -0.0148. The van der Waals surface area contributed by atoms with Crippen molar-refractivity contribution in [3.8, 4) is 0 Å². The Morgan fingerprint density at radius 3 is 2.85 bits per heavy atom. The zero-order valence-electron chi connectivity index (χ0n) is 10.9. The third-order valence-corrected chi connectivity index (χ3v) is 3.43. The van der Waals surface area contributed by atoms with Crippen LogP contribution in [0.4, 0.5) is 0 Å². The molecule has 20 heavy (non-hydrogen) atoms. The van der Waals surface area contributed by atoms with Gasteiger partial charge in [0.2, 0.25) is 5.91 Å². The average molecular weight is 265 g/mol. The van der Waals surface area contributed by atoms with Crippen molar-refractivity contribution in [3.05, 3.63) is 66.0 Å². The normalized spacial score (nSPS) is 20.8. The van der Waals surface area contributed by atoms with E-state index in [0.717, 1.165) is 12.0 Å². The summed E-state index contributed by atoms with van der Waals surface area (Å²) in [6, 6.07) is 13.8. The highest BCUT2D eigenvalue weighted by atomic mass is 16.2. The van der Waals surface area contributed by atoms with Crippen LogP contribution in [0.1, 0.15) is 23.5 Å². The molecule has 2 atom stereocenters. The molecule has 0 unspecified atom stereocenters. The van der Waals surface area contributed by atoms with E-state index in [2.05, 4.69) is 27.6 Å². The van der Waals surface area contributed by atoms with Crippen molar-refractivity contribution in [3.63, 3.8) is 0 Å². The number of benzene rings is 1. The van der Waals surface area contributed by atoms with Gasteiger partial charge in [-0.1, -0.05) is 36.4 Å². The third-order valence-electron chi connectivity index (χ3n) is 3.43. The molecule has 1 aliphatic rings. The predicted molar refractivity (Wildman–Crippen MR) is 77.3 cm³/mol. The maximum atomic E-state index is 11.9. The Morgan fingerprint density at radius 2 is 2.10 bits per heavy atom. The molecule has 0 bridgehead atoms. The van der Waals surface area contributed by atoms with Crippen LogP contribution in [0.15, 0.2) is 60.0 Å². The molecule has 0 radical (unpaired) electrons. The van der Waals surface area contributed by atoms with Gasteiger partial charge in [-0.05, 0) is 24.0 Å². The lowest BCUT2D eigenvalue weighted by Crippen LogP contribution is -2.20. The van der Waals surface area contributed by atoms with Gasteiger partial charge in [0, 0.05) is 23.9 Å². The van der Waals surface area contributed by atoms with E-state index in [1.54, 1.807) is 18.6 Å². The molecular weight excluding hydrogens is 250 g/mol. The largest absolute Gasteiger partial charge is 0.273 e. The van der Waals surface area contributed by atoms with E-state index in [4.69, 9.17) is 0 Å². The van der Waals surface area contributed by atoms with Gasteiger partial charge in [-0.2, -0.15) is 5.10 Å². The van der Waals surface area contributed by atoms with E-state index >= 15 is 0 Å². The van der Waals surface area contributed by atoms with Gasteiger partial charge >= 0.3 is 0 Å². The summed E-state index contributed by atoms with van der Waals surface area (Å²) >= 11 is 0.